The Hall–Kier alpha value is -1.13. The van der Waals surface area contributed by atoms with Gasteiger partial charge in [0.15, 0.2) is 6.10 Å². The third-order valence-electron chi connectivity index (χ3n) is 2.71. The molecule has 0 bridgehead atoms. The minimum absolute atomic E-state index is 0. The van der Waals surface area contributed by atoms with Crippen molar-refractivity contribution in [1.82, 2.24) is 5.32 Å². The van der Waals surface area contributed by atoms with Crippen molar-refractivity contribution in [2.75, 3.05) is 18.8 Å². The van der Waals surface area contributed by atoms with E-state index < -0.39 is 0 Å². The molecule has 1 unspecified atom stereocenters. The number of aliphatic imine (C=N–C) groups is 1. The third kappa shape index (κ3) is 3.68. The predicted octanol–water partition coefficient (Wildman–Crippen LogP) is 2.19. The van der Waals surface area contributed by atoms with Crippen LogP contribution in [0.4, 0.5) is 5.69 Å². The molecule has 0 radical (unpaired) electrons. The van der Waals surface area contributed by atoms with Crippen molar-refractivity contribution in [2.24, 2.45) is 4.99 Å². The van der Waals surface area contributed by atoms with Crippen molar-refractivity contribution < 1.29 is 4.74 Å². The van der Waals surface area contributed by atoms with Crippen LogP contribution in [0.15, 0.2) is 23.2 Å². The van der Waals surface area contributed by atoms with Crippen molar-refractivity contribution in [3.63, 3.8) is 0 Å². The summed E-state index contributed by atoms with van der Waals surface area (Å²) in [6, 6.07) is 5.70. The molecule has 18 heavy (non-hydrogen) atoms. The summed E-state index contributed by atoms with van der Waals surface area (Å²) in [4.78, 5) is 4.33. The van der Waals surface area contributed by atoms with Gasteiger partial charge in [-0.15, -0.1) is 24.8 Å². The zero-order chi connectivity index (χ0) is 11.5. The molecule has 2 rings (SSSR count). The maximum absolute atomic E-state index is 5.84. The second kappa shape index (κ2) is 7.34. The Balaban J connectivity index is 0.00000144. The van der Waals surface area contributed by atoms with E-state index >= 15 is 0 Å². The van der Waals surface area contributed by atoms with Gasteiger partial charge in [-0.05, 0) is 26.0 Å². The fourth-order valence-corrected chi connectivity index (χ4v) is 1.69. The Kier molecular flexibility index (Phi) is 6.88. The lowest BCUT2D eigenvalue weighted by molar-refractivity contribution is 0.282. The summed E-state index contributed by atoms with van der Waals surface area (Å²) in [5.74, 6) is 1.74. The van der Waals surface area contributed by atoms with Crippen LogP contribution in [-0.2, 0) is 0 Å². The van der Waals surface area contributed by atoms with E-state index in [1.165, 1.54) is 0 Å². The lowest BCUT2D eigenvalue weighted by Gasteiger charge is -2.17. The number of nitrogens with zero attached hydrogens (tertiary/aromatic N) is 1. The molecule has 6 heteroatoms. The van der Waals surface area contributed by atoms with Crippen LogP contribution >= 0.6 is 24.8 Å². The second-order valence-corrected chi connectivity index (χ2v) is 3.92. The number of anilines is 1. The highest BCUT2D eigenvalue weighted by Crippen LogP contribution is 2.24. The molecule has 0 saturated carbocycles. The molecule has 1 aromatic carbocycles. The van der Waals surface area contributed by atoms with Gasteiger partial charge in [0.2, 0.25) is 0 Å². The molecule has 1 heterocycles. The average Bonchev–Trinajstić information content (AvgIpc) is 2.78. The fourth-order valence-electron chi connectivity index (χ4n) is 1.69. The average molecular weight is 292 g/mol. The monoisotopic (exact) mass is 291 g/mol. The molecule has 1 aromatic rings. The van der Waals surface area contributed by atoms with Crippen molar-refractivity contribution in [3.05, 3.63) is 23.8 Å². The van der Waals surface area contributed by atoms with Gasteiger partial charge in [-0.1, -0.05) is 6.07 Å². The van der Waals surface area contributed by atoms with E-state index in [4.69, 9.17) is 10.5 Å². The van der Waals surface area contributed by atoms with E-state index in [2.05, 4.69) is 10.3 Å². The van der Waals surface area contributed by atoms with Crippen LogP contribution in [0, 0.1) is 6.92 Å². The van der Waals surface area contributed by atoms with Crippen LogP contribution in [0.1, 0.15) is 12.5 Å². The highest BCUT2D eigenvalue weighted by molar-refractivity contribution is 5.87. The molecule has 102 valence electrons. The maximum atomic E-state index is 5.84. The topological polar surface area (TPSA) is 59.6 Å². The van der Waals surface area contributed by atoms with E-state index in [9.17, 15) is 0 Å². The SMILES string of the molecule is Cc1c(N)cccc1OC(C)C1=NCCN1.Cl.Cl. The molecule has 1 aliphatic rings. The number of rotatable bonds is 3. The Morgan fingerprint density at radius 2 is 2.11 bits per heavy atom. The second-order valence-electron chi connectivity index (χ2n) is 3.92. The summed E-state index contributed by atoms with van der Waals surface area (Å²) < 4.78 is 5.84. The van der Waals surface area contributed by atoms with E-state index in [0.29, 0.717) is 0 Å². The zero-order valence-corrected chi connectivity index (χ0v) is 12.1. The van der Waals surface area contributed by atoms with E-state index in [1.807, 2.05) is 32.0 Å². The first-order valence-corrected chi connectivity index (χ1v) is 5.48. The van der Waals surface area contributed by atoms with Crippen molar-refractivity contribution in [2.45, 2.75) is 20.0 Å². The first-order chi connectivity index (χ1) is 7.68. The molecule has 0 spiro atoms. The van der Waals surface area contributed by atoms with Crippen LogP contribution in [0.25, 0.3) is 0 Å². The Bertz CT molecular complexity index is 424. The van der Waals surface area contributed by atoms with Gasteiger partial charge in [-0.2, -0.15) is 0 Å². The van der Waals surface area contributed by atoms with Crippen molar-refractivity contribution in [1.29, 1.82) is 0 Å². The van der Waals surface area contributed by atoms with E-state index in [1.54, 1.807) is 0 Å². The van der Waals surface area contributed by atoms with Crippen LogP contribution in [0.3, 0.4) is 0 Å². The predicted molar refractivity (Wildman–Crippen MR) is 80.5 cm³/mol. The van der Waals surface area contributed by atoms with Crippen LogP contribution in [0.5, 0.6) is 5.75 Å². The summed E-state index contributed by atoms with van der Waals surface area (Å²) in [5.41, 5.74) is 7.56. The molecule has 0 aliphatic carbocycles. The summed E-state index contributed by atoms with van der Waals surface area (Å²) in [6.45, 7) is 5.68. The standard InChI is InChI=1S/C12H17N3O.2ClH/c1-8-10(13)4-3-5-11(8)16-9(2)12-14-6-7-15-12;;/h3-5,9H,6-7,13H2,1-2H3,(H,14,15);2*1H. The quantitative estimate of drug-likeness (QED) is 0.840. The number of nitrogens with one attached hydrogen (secondary N) is 1. The van der Waals surface area contributed by atoms with Gasteiger partial charge in [-0.25, -0.2) is 0 Å². The minimum atomic E-state index is -0.0528. The summed E-state index contributed by atoms with van der Waals surface area (Å²) in [6.07, 6.45) is -0.0528. The van der Waals surface area contributed by atoms with Gasteiger partial charge in [0.05, 0.1) is 6.54 Å². The van der Waals surface area contributed by atoms with Gasteiger partial charge in [0.25, 0.3) is 0 Å². The van der Waals surface area contributed by atoms with Gasteiger partial charge in [0, 0.05) is 17.8 Å². The minimum Gasteiger partial charge on any atom is -0.482 e. The fraction of sp³-hybridized carbons (Fsp3) is 0.417. The van der Waals surface area contributed by atoms with Crippen molar-refractivity contribution >= 4 is 36.3 Å². The highest BCUT2D eigenvalue weighted by atomic mass is 35.5. The molecular weight excluding hydrogens is 273 g/mol. The normalized spacial score (nSPS) is 14.7. The molecule has 3 N–H and O–H groups in total. The first kappa shape index (κ1) is 16.9. The lowest BCUT2D eigenvalue weighted by Crippen LogP contribution is -2.33. The summed E-state index contributed by atoms with van der Waals surface area (Å²) >= 11 is 0. The van der Waals surface area contributed by atoms with Gasteiger partial charge >= 0.3 is 0 Å². The highest BCUT2D eigenvalue weighted by Gasteiger charge is 2.16. The van der Waals surface area contributed by atoms with E-state index in [0.717, 1.165) is 35.9 Å². The Labute approximate surface area is 120 Å². The van der Waals surface area contributed by atoms with Crippen molar-refractivity contribution in [3.8, 4) is 5.75 Å². The molecule has 0 saturated heterocycles. The van der Waals surface area contributed by atoms with Gasteiger partial charge < -0.3 is 15.8 Å². The number of ether oxygens (including phenoxy) is 1. The van der Waals surface area contributed by atoms with Gasteiger partial charge in [-0.3, -0.25) is 4.99 Å². The van der Waals surface area contributed by atoms with E-state index in [-0.39, 0.29) is 30.9 Å². The first-order valence-electron chi connectivity index (χ1n) is 5.48. The molecular formula is C12H19Cl2N3O. The van der Waals surface area contributed by atoms with Crippen LogP contribution < -0.4 is 15.8 Å². The number of halogens is 2. The molecule has 1 aliphatic heterocycles. The molecule has 4 nitrogen and oxygen atoms in total. The maximum Gasteiger partial charge on any atom is 0.152 e. The van der Waals surface area contributed by atoms with Crippen LogP contribution in [-0.4, -0.2) is 25.0 Å². The molecule has 1 atom stereocenters. The number of amidine groups is 1. The zero-order valence-electron chi connectivity index (χ0n) is 10.5. The summed E-state index contributed by atoms with van der Waals surface area (Å²) in [5, 5.41) is 3.20. The third-order valence-corrected chi connectivity index (χ3v) is 2.71. The molecule has 0 amide bonds. The molecule has 0 fully saturated rings. The number of nitrogen functional groups attached to an aromatic ring is 1. The Morgan fingerprint density at radius 1 is 1.39 bits per heavy atom. The number of nitrogens with two attached hydrogens (primary N) is 1. The Morgan fingerprint density at radius 3 is 2.72 bits per heavy atom. The number of benzene rings is 1. The summed E-state index contributed by atoms with van der Waals surface area (Å²) in [7, 11) is 0. The number of hydrogen-bond acceptors (Lipinski definition) is 4. The smallest absolute Gasteiger partial charge is 0.152 e. The lowest BCUT2D eigenvalue weighted by atomic mass is 10.2. The number of hydrogen-bond donors (Lipinski definition) is 2. The largest absolute Gasteiger partial charge is 0.482 e. The van der Waals surface area contributed by atoms with Crippen LogP contribution in [0.2, 0.25) is 0 Å². The molecule has 0 aromatic heterocycles. The van der Waals surface area contributed by atoms with Gasteiger partial charge in [0.1, 0.15) is 11.6 Å².